The molecule has 1 aromatic carbocycles. The first kappa shape index (κ1) is 16.9. The minimum atomic E-state index is -0.800. The van der Waals surface area contributed by atoms with Crippen LogP contribution >= 0.6 is 0 Å². The number of nitro benzene ring substituents is 1. The van der Waals surface area contributed by atoms with Crippen molar-refractivity contribution >= 4 is 17.5 Å². The number of carbonyl (C=O) groups excluding carboxylic acids is 2. The Morgan fingerprint density at radius 2 is 1.83 bits per heavy atom. The Bertz CT molecular complexity index is 579. The Balaban J connectivity index is 1.99. The highest BCUT2D eigenvalue weighted by Gasteiger charge is 2.25. The van der Waals surface area contributed by atoms with E-state index in [1.54, 1.807) is 12.1 Å². The molecule has 0 unspecified atom stereocenters. The molecule has 23 heavy (non-hydrogen) atoms. The fourth-order valence-electron chi connectivity index (χ4n) is 2.87. The van der Waals surface area contributed by atoms with Gasteiger partial charge in [0.1, 0.15) is 6.04 Å². The van der Waals surface area contributed by atoms with Crippen LogP contribution in [0.1, 0.15) is 37.7 Å². The summed E-state index contributed by atoms with van der Waals surface area (Å²) >= 11 is 0. The maximum Gasteiger partial charge on any atom is 0.269 e. The van der Waals surface area contributed by atoms with Gasteiger partial charge in [-0.2, -0.15) is 0 Å². The van der Waals surface area contributed by atoms with Crippen molar-refractivity contribution < 1.29 is 14.5 Å². The first-order valence-corrected chi connectivity index (χ1v) is 7.80. The third kappa shape index (κ3) is 4.77. The number of amides is 2. The number of non-ortho nitro benzene ring substituents is 1. The third-order valence-electron chi connectivity index (χ3n) is 4.22. The van der Waals surface area contributed by atoms with Gasteiger partial charge in [-0.3, -0.25) is 19.7 Å². The number of rotatable bonds is 6. The van der Waals surface area contributed by atoms with Crippen molar-refractivity contribution in [3.63, 3.8) is 0 Å². The van der Waals surface area contributed by atoms with Gasteiger partial charge in [0.25, 0.3) is 5.69 Å². The molecule has 0 aliphatic heterocycles. The van der Waals surface area contributed by atoms with Crippen LogP contribution in [0, 0.1) is 16.0 Å². The summed E-state index contributed by atoms with van der Waals surface area (Å²) in [5.41, 5.74) is 6.07. The van der Waals surface area contributed by atoms with Gasteiger partial charge in [0, 0.05) is 24.5 Å². The summed E-state index contributed by atoms with van der Waals surface area (Å²) in [4.78, 5) is 34.0. The van der Waals surface area contributed by atoms with E-state index in [2.05, 4.69) is 5.32 Å². The topological polar surface area (TPSA) is 115 Å². The van der Waals surface area contributed by atoms with Gasteiger partial charge in [-0.15, -0.1) is 0 Å². The fraction of sp³-hybridized carbons (Fsp3) is 0.500. The monoisotopic (exact) mass is 319 g/mol. The summed E-state index contributed by atoms with van der Waals surface area (Å²) in [6, 6.07) is 5.08. The van der Waals surface area contributed by atoms with E-state index in [0.29, 0.717) is 5.56 Å². The average Bonchev–Trinajstić information content (AvgIpc) is 2.55. The van der Waals surface area contributed by atoms with Crippen molar-refractivity contribution in [2.24, 2.45) is 11.7 Å². The number of nitrogens with one attached hydrogen (secondary N) is 1. The molecule has 1 saturated carbocycles. The predicted molar refractivity (Wildman–Crippen MR) is 84.5 cm³/mol. The molecule has 0 bridgehead atoms. The number of carbonyl (C=O) groups is 2. The molecule has 0 saturated heterocycles. The summed E-state index contributed by atoms with van der Waals surface area (Å²) in [5.74, 6) is -0.787. The van der Waals surface area contributed by atoms with Gasteiger partial charge in [-0.05, 0) is 18.4 Å². The van der Waals surface area contributed by atoms with Crippen LogP contribution in [0.2, 0.25) is 0 Å². The van der Waals surface area contributed by atoms with E-state index in [1.165, 1.54) is 12.1 Å². The Hall–Kier alpha value is -2.44. The first-order valence-electron chi connectivity index (χ1n) is 7.80. The number of benzene rings is 1. The minimum absolute atomic E-state index is 0.0179. The van der Waals surface area contributed by atoms with Crippen molar-refractivity contribution in [2.45, 2.75) is 44.6 Å². The minimum Gasteiger partial charge on any atom is -0.368 e. The first-order chi connectivity index (χ1) is 11.0. The van der Waals surface area contributed by atoms with Crippen LogP contribution in [0.5, 0.6) is 0 Å². The second kappa shape index (κ2) is 7.71. The molecule has 2 amide bonds. The number of hydrogen-bond acceptors (Lipinski definition) is 4. The summed E-state index contributed by atoms with van der Waals surface area (Å²) in [7, 11) is 0. The molecule has 124 valence electrons. The van der Waals surface area contributed by atoms with Crippen LogP contribution in [0.15, 0.2) is 24.3 Å². The maximum atomic E-state index is 12.2. The van der Waals surface area contributed by atoms with Crippen molar-refractivity contribution in [1.29, 1.82) is 0 Å². The Morgan fingerprint density at radius 3 is 2.35 bits per heavy atom. The van der Waals surface area contributed by atoms with Crippen molar-refractivity contribution in [3.8, 4) is 0 Å². The molecule has 3 N–H and O–H groups in total. The molecule has 0 radical (unpaired) electrons. The highest BCUT2D eigenvalue weighted by atomic mass is 16.6. The molecule has 2 rings (SSSR count). The number of hydrogen-bond donors (Lipinski definition) is 2. The zero-order valence-electron chi connectivity index (χ0n) is 12.9. The standard InChI is InChI=1S/C16H21N3O4/c17-15(20)14(18-16(21)12-4-2-1-3-5-12)10-11-6-8-13(9-7-11)19(22)23/h6-9,12,14H,1-5,10H2,(H2,17,20)(H,18,21)/t14-/m1/s1. The van der Waals surface area contributed by atoms with Gasteiger partial charge in [0.2, 0.25) is 11.8 Å². The summed E-state index contributed by atoms with van der Waals surface area (Å²) in [6.45, 7) is 0. The normalized spacial score (nSPS) is 16.5. The van der Waals surface area contributed by atoms with Crippen LogP contribution in [0.25, 0.3) is 0 Å². The maximum absolute atomic E-state index is 12.2. The zero-order chi connectivity index (χ0) is 16.8. The van der Waals surface area contributed by atoms with Gasteiger partial charge in [-0.1, -0.05) is 31.4 Å². The molecule has 7 nitrogen and oxygen atoms in total. The van der Waals surface area contributed by atoms with E-state index in [4.69, 9.17) is 5.73 Å². The Labute approximate surface area is 134 Å². The molecule has 1 aromatic rings. The average molecular weight is 319 g/mol. The lowest BCUT2D eigenvalue weighted by atomic mass is 9.88. The molecule has 0 spiro atoms. The van der Waals surface area contributed by atoms with Crippen molar-refractivity contribution in [3.05, 3.63) is 39.9 Å². The highest BCUT2D eigenvalue weighted by Crippen LogP contribution is 2.24. The van der Waals surface area contributed by atoms with Gasteiger partial charge < -0.3 is 11.1 Å². The second-order valence-electron chi connectivity index (χ2n) is 5.93. The van der Waals surface area contributed by atoms with Gasteiger partial charge >= 0.3 is 0 Å². The SMILES string of the molecule is NC(=O)[C@@H](Cc1ccc([N+](=O)[O-])cc1)NC(=O)C1CCCCC1. The largest absolute Gasteiger partial charge is 0.368 e. The van der Waals surface area contributed by atoms with Crippen LogP contribution in [0.4, 0.5) is 5.69 Å². The van der Waals surface area contributed by atoms with E-state index in [9.17, 15) is 19.7 Å². The van der Waals surface area contributed by atoms with Crippen LogP contribution in [-0.2, 0) is 16.0 Å². The molecular weight excluding hydrogens is 298 g/mol. The highest BCUT2D eigenvalue weighted by molar-refractivity contribution is 5.87. The Morgan fingerprint density at radius 1 is 1.22 bits per heavy atom. The van der Waals surface area contributed by atoms with E-state index < -0.39 is 16.9 Å². The molecule has 1 atom stereocenters. The smallest absolute Gasteiger partial charge is 0.269 e. The molecule has 7 heteroatoms. The lowest BCUT2D eigenvalue weighted by Crippen LogP contribution is -2.48. The Kier molecular flexibility index (Phi) is 5.67. The number of nitro groups is 1. The summed E-state index contributed by atoms with van der Waals surface area (Å²) in [6.07, 6.45) is 5.12. The van der Waals surface area contributed by atoms with E-state index >= 15 is 0 Å². The van der Waals surface area contributed by atoms with Crippen LogP contribution in [-0.4, -0.2) is 22.8 Å². The van der Waals surface area contributed by atoms with Gasteiger partial charge in [0.15, 0.2) is 0 Å². The molecule has 1 aliphatic carbocycles. The van der Waals surface area contributed by atoms with Crippen LogP contribution < -0.4 is 11.1 Å². The van der Waals surface area contributed by atoms with E-state index in [-0.39, 0.29) is 23.9 Å². The van der Waals surface area contributed by atoms with Crippen molar-refractivity contribution in [1.82, 2.24) is 5.32 Å². The molecule has 0 aromatic heterocycles. The number of nitrogens with two attached hydrogens (primary N) is 1. The lowest BCUT2D eigenvalue weighted by molar-refractivity contribution is -0.384. The second-order valence-corrected chi connectivity index (χ2v) is 5.93. The zero-order valence-corrected chi connectivity index (χ0v) is 12.9. The lowest BCUT2D eigenvalue weighted by Gasteiger charge is -2.23. The van der Waals surface area contributed by atoms with Crippen molar-refractivity contribution in [2.75, 3.05) is 0 Å². The van der Waals surface area contributed by atoms with Crippen LogP contribution in [0.3, 0.4) is 0 Å². The number of primary amides is 1. The summed E-state index contributed by atoms with van der Waals surface area (Å²) < 4.78 is 0. The van der Waals surface area contributed by atoms with Gasteiger partial charge in [-0.25, -0.2) is 0 Å². The molecular formula is C16H21N3O4. The third-order valence-corrected chi connectivity index (χ3v) is 4.22. The van der Waals surface area contributed by atoms with E-state index in [0.717, 1.165) is 32.1 Å². The van der Waals surface area contributed by atoms with Gasteiger partial charge in [0.05, 0.1) is 4.92 Å². The number of nitrogens with zero attached hydrogens (tertiary/aromatic N) is 1. The fourth-order valence-corrected chi connectivity index (χ4v) is 2.87. The van der Waals surface area contributed by atoms with E-state index in [1.807, 2.05) is 0 Å². The quantitative estimate of drug-likeness (QED) is 0.613. The molecule has 1 fully saturated rings. The molecule has 1 aliphatic rings. The molecule has 0 heterocycles. The predicted octanol–water partition coefficient (Wildman–Crippen LogP) is 1.69. The summed E-state index contributed by atoms with van der Waals surface area (Å²) in [5, 5.41) is 13.4.